The van der Waals surface area contributed by atoms with E-state index in [-0.39, 0.29) is 24.2 Å². The monoisotopic (exact) mass is 466 g/mol. The van der Waals surface area contributed by atoms with Gasteiger partial charge in [-0.2, -0.15) is 5.10 Å². The molecule has 0 radical (unpaired) electrons. The van der Waals surface area contributed by atoms with Gasteiger partial charge in [0, 0.05) is 23.7 Å². The molecule has 1 aromatic carbocycles. The number of halogens is 3. The molecule has 0 fully saturated rings. The lowest BCUT2D eigenvalue weighted by Gasteiger charge is -2.27. The van der Waals surface area contributed by atoms with Gasteiger partial charge in [-0.1, -0.05) is 44.1 Å². The van der Waals surface area contributed by atoms with Crippen LogP contribution in [0.2, 0.25) is 5.15 Å². The van der Waals surface area contributed by atoms with Gasteiger partial charge in [0.1, 0.15) is 27.5 Å². The summed E-state index contributed by atoms with van der Waals surface area (Å²) >= 11 is 7.06. The zero-order valence-electron chi connectivity index (χ0n) is 17.1. The first-order valence-corrected chi connectivity index (χ1v) is 10.5. The Bertz CT molecular complexity index is 1080. The van der Waals surface area contributed by atoms with Crippen LogP contribution in [0.1, 0.15) is 26.5 Å². The third kappa shape index (κ3) is 6.18. The van der Waals surface area contributed by atoms with Crippen molar-refractivity contribution < 1.29 is 18.7 Å². The number of carboxylic acid groups (broad SMARTS) is 1. The third-order valence-electron chi connectivity index (χ3n) is 4.07. The molecule has 0 spiro atoms. The number of benzene rings is 1. The molecule has 0 aliphatic carbocycles. The molecule has 0 atom stereocenters. The van der Waals surface area contributed by atoms with E-state index in [9.17, 15) is 18.7 Å². The van der Waals surface area contributed by atoms with Crippen molar-refractivity contribution in [3.05, 3.63) is 65.1 Å². The molecule has 0 unspecified atom stereocenters. The average Bonchev–Trinajstić information content (AvgIpc) is 3.06. The minimum absolute atomic E-state index is 0.00294. The second kappa shape index (κ2) is 9.23. The molecular formula is C21H21ClF2N4O2S. The van der Waals surface area contributed by atoms with E-state index in [1.54, 1.807) is 24.4 Å². The van der Waals surface area contributed by atoms with Gasteiger partial charge in [0.2, 0.25) is 0 Å². The molecule has 1 N–H and O–H groups in total. The molecule has 10 heteroatoms. The SMILES string of the molecule is CC(C)(C)CN(Cc1cc(Sc2ccc(Cl)nc2)n(-c2cc(F)ccc2F)n1)C(=O)O. The molecule has 0 saturated heterocycles. The lowest BCUT2D eigenvalue weighted by Crippen LogP contribution is -2.36. The van der Waals surface area contributed by atoms with Crippen molar-refractivity contribution >= 4 is 29.5 Å². The van der Waals surface area contributed by atoms with Gasteiger partial charge in [-0.05, 0) is 35.7 Å². The van der Waals surface area contributed by atoms with E-state index in [2.05, 4.69) is 10.1 Å². The van der Waals surface area contributed by atoms with E-state index >= 15 is 0 Å². The Morgan fingerprint density at radius 3 is 2.58 bits per heavy atom. The summed E-state index contributed by atoms with van der Waals surface area (Å²) in [5.74, 6) is -1.27. The van der Waals surface area contributed by atoms with Crippen LogP contribution in [0.3, 0.4) is 0 Å². The fourth-order valence-corrected chi connectivity index (χ4v) is 3.90. The summed E-state index contributed by atoms with van der Waals surface area (Å²) in [7, 11) is 0. The first-order chi connectivity index (χ1) is 14.5. The molecule has 6 nitrogen and oxygen atoms in total. The highest BCUT2D eigenvalue weighted by Gasteiger charge is 2.23. The standard InChI is InChI=1S/C21H21ClF2N4O2S/c1-21(2,3)12-27(20(29)30)11-14-9-19(31-15-5-7-18(22)25-10-15)28(26-14)17-8-13(23)4-6-16(17)24/h4-10H,11-12H2,1-3H3,(H,29,30). The quantitative estimate of drug-likeness (QED) is 0.459. The fraction of sp³-hybridized carbons (Fsp3) is 0.286. The molecule has 0 bridgehead atoms. The minimum Gasteiger partial charge on any atom is -0.465 e. The van der Waals surface area contributed by atoms with Crippen LogP contribution in [0, 0.1) is 17.0 Å². The summed E-state index contributed by atoms with van der Waals surface area (Å²) < 4.78 is 29.6. The van der Waals surface area contributed by atoms with Gasteiger partial charge in [-0.3, -0.25) is 0 Å². The van der Waals surface area contributed by atoms with Crippen molar-refractivity contribution in [2.75, 3.05) is 6.54 Å². The van der Waals surface area contributed by atoms with E-state index in [1.165, 1.54) is 21.3 Å². The Morgan fingerprint density at radius 2 is 1.97 bits per heavy atom. The van der Waals surface area contributed by atoms with E-state index in [0.717, 1.165) is 18.2 Å². The third-order valence-corrected chi connectivity index (χ3v) is 5.28. The van der Waals surface area contributed by atoms with Crippen molar-refractivity contribution in [1.82, 2.24) is 19.7 Å². The van der Waals surface area contributed by atoms with Crippen LogP contribution in [0.5, 0.6) is 0 Å². The van der Waals surface area contributed by atoms with Crippen molar-refractivity contribution in [3.63, 3.8) is 0 Å². The Labute approximate surface area is 187 Å². The largest absolute Gasteiger partial charge is 0.465 e. The number of hydrogen-bond acceptors (Lipinski definition) is 4. The molecule has 3 rings (SSSR count). The number of hydrogen-bond donors (Lipinski definition) is 1. The van der Waals surface area contributed by atoms with Gasteiger partial charge < -0.3 is 10.0 Å². The van der Waals surface area contributed by atoms with Crippen LogP contribution in [0.15, 0.2) is 52.5 Å². The molecule has 2 aromatic heterocycles. The molecule has 3 aromatic rings. The molecule has 2 heterocycles. The lowest BCUT2D eigenvalue weighted by atomic mass is 9.96. The summed E-state index contributed by atoms with van der Waals surface area (Å²) in [6, 6.07) is 8.09. The van der Waals surface area contributed by atoms with Crippen LogP contribution >= 0.6 is 23.4 Å². The van der Waals surface area contributed by atoms with Gasteiger partial charge in [0.25, 0.3) is 0 Å². The van der Waals surface area contributed by atoms with Crippen LogP contribution in [-0.4, -0.2) is 37.4 Å². The predicted octanol–water partition coefficient (Wildman–Crippen LogP) is 5.88. The maximum absolute atomic E-state index is 14.5. The molecule has 0 aliphatic heterocycles. The van der Waals surface area contributed by atoms with E-state index in [4.69, 9.17) is 11.6 Å². The molecule has 0 saturated carbocycles. The van der Waals surface area contributed by atoms with Crippen molar-refractivity contribution in [1.29, 1.82) is 0 Å². The molecule has 31 heavy (non-hydrogen) atoms. The Hall–Kier alpha value is -2.65. The molecule has 1 amide bonds. The zero-order valence-corrected chi connectivity index (χ0v) is 18.7. The first kappa shape index (κ1) is 23.0. The summed E-state index contributed by atoms with van der Waals surface area (Å²) in [5, 5.41) is 14.8. The number of carbonyl (C=O) groups is 1. The Balaban J connectivity index is 2.01. The number of pyridine rings is 1. The van der Waals surface area contributed by atoms with Crippen LogP contribution < -0.4 is 0 Å². The summed E-state index contributed by atoms with van der Waals surface area (Å²) in [6.45, 7) is 6.07. The molecule has 164 valence electrons. The number of nitrogens with zero attached hydrogens (tertiary/aromatic N) is 4. The molecular weight excluding hydrogens is 446 g/mol. The predicted molar refractivity (Wildman–Crippen MR) is 115 cm³/mol. The lowest BCUT2D eigenvalue weighted by molar-refractivity contribution is 0.122. The topological polar surface area (TPSA) is 71.2 Å². The normalized spacial score (nSPS) is 11.5. The second-order valence-electron chi connectivity index (χ2n) is 8.10. The average molecular weight is 467 g/mol. The van der Waals surface area contributed by atoms with Crippen LogP contribution in [0.25, 0.3) is 5.69 Å². The van der Waals surface area contributed by atoms with Crippen molar-refractivity contribution in [2.24, 2.45) is 5.41 Å². The minimum atomic E-state index is -1.09. The van der Waals surface area contributed by atoms with Gasteiger partial charge in [0.15, 0.2) is 0 Å². The van der Waals surface area contributed by atoms with Crippen molar-refractivity contribution in [2.45, 2.75) is 37.2 Å². The zero-order chi connectivity index (χ0) is 22.8. The fourth-order valence-electron chi connectivity index (χ4n) is 2.88. The highest BCUT2D eigenvalue weighted by molar-refractivity contribution is 7.99. The van der Waals surface area contributed by atoms with Crippen LogP contribution in [0.4, 0.5) is 13.6 Å². The van der Waals surface area contributed by atoms with E-state index in [0.29, 0.717) is 20.8 Å². The maximum Gasteiger partial charge on any atom is 0.407 e. The second-order valence-corrected chi connectivity index (χ2v) is 9.58. The summed E-state index contributed by atoms with van der Waals surface area (Å²) in [4.78, 5) is 17.7. The van der Waals surface area contributed by atoms with Crippen molar-refractivity contribution in [3.8, 4) is 5.69 Å². The van der Waals surface area contributed by atoms with Gasteiger partial charge in [-0.15, -0.1) is 0 Å². The first-order valence-electron chi connectivity index (χ1n) is 9.33. The van der Waals surface area contributed by atoms with Gasteiger partial charge >= 0.3 is 6.09 Å². The van der Waals surface area contributed by atoms with E-state index in [1.807, 2.05) is 20.8 Å². The Kier molecular flexibility index (Phi) is 6.86. The number of amides is 1. The summed E-state index contributed by atoms with van der Waals surface area (Å²) in [5.41, 5.74) is 0.0652. The number of aromatic nitrogens is 3. The Morgan fingerprint density at radius 1 is 1.23 bits per heavy atom. The van der Waals surface area contributed by atoms with Gasteiger partial charge in [0.05, 0.1) is 12.2 Å². The highest BCUT2D eigenvalue weighted by Crippen LogP contribution is 2.32. The highest BCUT2D eigenvalue weighted by atomic mass is 35.5. The van der Waals surface area contributed by atoms with E-state index < -0.39 is 17.7 Å². The smallest absolute Gasteiger partial charge is 0.407 e. The van der Waals surface area contributed by atoms with Gasteiger partial charge in [-0.25, -0.2) is 23.2 Å². The summed E-state index contributed by atoms with van der Waals surface area (Å²) in [6.07, 6.45) is 0.465. The maximum atomic E-state index is 14.5. The number of rotatable bonds is 6. The molecule has 0 aliphatic rings. The van der Waals surface area contributed by atoms with Crippen LogP contribution in [-0.2, 0) is 6.54 Å².